The monoisotopic (exact) mass is 489 g/mol. The maximum Gasteiger partial charge on any atom is 0.253 e. The lowest BCUT2D eigenvalue weighted by Gasteiger charge is -2.37. The van der Waals surface area contributed by atoms with Crippen LogP contribution in [0.3, 0.4) is 0 Å². The van der Waals surface area contributed by atoms with Gasteiger partial charge in [0.1, 0.15) is 0 Å². The Morgan fingerprint density at radius 3 is 2.47 bits per heavy atom. The molecule has 1 fully saturated rings. The molecule has 1 amide bonds. The van der Waals surface area contributed by atoms with Crippen molar-refractivity contribution in [3.63, 3.8) is 0 Å². The van der Waals surface area contributed by atoms with Gasteiger partial charge in [-0.05, 0) is 82.3 Å². The number of carbonyl (C=O) groups is 1. The van der Waals surface area contributed by atoms with Gasteiger partial charge >= 0.3 is 0 Å². The standard InChI is InChI=1S/C29H39N5O2/c1-7-34(23-11-9-8-10-12-23)27-15-22(26-17-33(6)32-21(26)5)14-24(20(27)4)28(35)30-16-25-18(2)13-19(3)31-29(25)36/h13-15,17,23H,7-12,16H2,1-6H3,(H,30,35)(H,31,36). The maximum atomic E-state index is 13.6. The molecule has 0 aliphatic heterocycles. The Labute approximate surface area is 213 Å². The molecule has 0 radical (unpaired) electrons. The van der Waals surface area contributed by atoms with Gasteiger partial charge in [0.05, 0.1) is 5.69 Å². The predicted molar refractivity (Wildman–Crippen MR) is 146 cm³/mol. The first kappa shape index (κ1) is 25.7. The highest BCUT2D eigenvalue weighted by molar-refractivity contribution is 5.99. The summed E-state index contributed by atoms with van der Waals surface area (Å²) in [6, 6.07) is 6.61. The van der Waals surface area contributed by atoms with Gasteiger partial charge in [-0.3, -0.25) is 14.3 Å². The zero-order valence-corrected chi connectivity index (χ0v) is 22.5. The van der Waals surface area contributed by atoms with E-state index < -0.39 is 0 Å². The Morgan fingerprint density at radius 2 is 1.86 bits per heavy atom. The molecule has 1 saturated carbocycles. The van der Waals surface area contributed by atoms with E-state index in [1.807, 2.05) is 57.8 Å². The zero-order chi connectivity index (χ0) is 26.0. The van der Waals surface area contributed by atoms with E-state index in [1.54, 1.807) is 0 Å². The number of amides is 1. The molecule has 0 spiro atoms. The fraction of sp³-hybridized carbons (Fsp3) is 0.483. The minimum Gasteiger partial charge on any atom is -0.369 e. The van der Waals surface area contributed by atoms with Crippen molar-refractivity contribution in [1.29, 1.82) is 0 Å². The summed E-state index contributed by atoms with van der Waals surface area (Å²) in [5, 5.41) is 7.56. The number of aryl methyl sites for hydroxylation is 4. The van der Waals surface area contributed by atoms with Gasteiger partial charge in [0.2, 0.25) is 0 Å². The lowest BCUT2D eigenvalue weighted by Crippen LogP contribution is -2.37. The van der Waals surface area contributed by atoms with Gasteiger partial charge in [0.25, 0.3) is 11.5 Å². The van der Waals surface area contributed by atoms with Gasteiger partial charge in [-0.25, -0.2) is 0 Å². The van der Waals surface area contributed by atoms with Crippen LogP contribution in [-0.4, -0.2) is 33.3 Å². The Balaban J connectivity index is 1.75. The van der Waals surface area contributed by atoms with Crippen molar-refractivity contribution >= 4 is 11.6 Å². The van der Waals surface area contributed by atoms with E-state index in [2.05, 4.69) is 33.3 Å². The van der Waals surface area contributed by atoms with Gasteiger partial charge in [-0.15, -0.1) is 0 Å². The first-order valence-corrected chi connectivity index (χ1v) is 13.1. The summed E-state index contributed by atoms with van der Waals surface area (Å²) in [5.74, 6) is -0.170. The number of carbonyl (C=O) groups excluding carboxylic acids is 1. The molecule has 2 N–H and O–H groups in total. The SMILES string of the molecule is CCN(c1cc(-c2cn(C)nc2C)cc(C(=O)NCc2c(C)cc(C)[nH]c2=O)c1C)C1CCCCC1. The predicted octanol–water partition coefficient (Wildman–Crippen LogP) is 5.10. The van der Waals surface area contributed by atoms with Gasteiger partial charge in [-0.2, -0.15) is 5.10 Å². The van der Waals surface area contributed by atoms with Gasteiger partial charge < -0.3 is 15.2 Å². The summed E-state index contributed by atoms with van der Waals surface area (Å²) in [5.41, 5.74) is 7.80. The van der Waals surface area contributed by atoms with Crippen LogP contribution in [0.4, 0.5) is 5.69 Å². The molecule has 2 aromatic heterocycles. The minimum absolute atomic E-state index is 0.153. The van der Waals surface area contributed by atoms with Crippen LogP contribution in [0.15, 0.2) is 29.2 Å². The van der Waals surface area contributed by atoms with Crippen LogP contribution in [-0.2, 0) is 13.6 Å². The summed E-state index contributed by atoms with van der Waals surface area (Å²) in [4.78, 5) is 31.4. The maximum absolute atomic E-state index is 13.6. The van der Waals surface area contributed by atoms with E-state index in [4.69, 9.17) is 0 Å². The Bertz CT molecular complexity index is 1310. The number of anilines is 1. The number of aromatic nitrogens is 3. The third kappa shape index (κ3) is 5.25. The number of benzene rings is 1. The number of aromatic amines is 1. The van der Waals surface area contributed by atoms with E-state index in [0.717, 1.165) is 45.9 Å². The highest BCUT2D eigenvalue weighted by atomic mass is 16.1. The van der Waals surface area contributed by atoms with Crippen LogP contribution in [0, 0.1) is 27.7 Å². The number of H-pyrrole nitrogens is 1. The summed E-state index contributed by atoms with van der Waals surface area (Å²) in [7, 11) is 1.92. The molecule has 7 heteroatoms. The second kappa shape index (κ2) is 10.7. The normalized spacial score (nSPS) is 14.2. The van der Waals surface area contributed by atoms with Crippen molar-refractivity contribution in [2.75, 3.05) is 11.4 Å². The molecule has 1 aromatic carbocycles. The molecule has 0 bridgehead atoms. The smallest absolute Gasteiger partial charge is 0.253 e. The second-order valence-corrected chi connectivity index (χ2v) is 10.2. The van der Waals surface area contributed by atoms with E-state index in [9.17, 15) is 9.59 Å². The summed E-state index contributed by atoms with van der Waals surface area (Å²) in [6.07, 6.45) is 8.17. The molecule has 192 valence electrons. The van der Waals surface area contributed by atoms with Crippen molar-refractivity contribution < 1.29 is 4.79 Å². The second-order valence-electron chi connectivity index (χ2n) is 10.2. The van der Waals surface area contributed by atoms with Crippen LogP contribution in [0.2, 0.25) is 0 Å². The lowest BCUT2D eigenvalue weighted by molar-refractivity contribution is 0.0950. The van der Waals surface area contributed by atoms with Crippen molar-refractivity contribution in [3.05, 3.63) is 68.4 Å². The quantitative estimate of drug-likeness (QED) is 0.484. The molecule has 1 aliphatic carbocycles. The first-order valence-electron chi connectivity index (χ1n) is 13.1. The Morgan fingerprint density at radius 1 is 1.14 bits per heavy atom. The van der Waals surface area contributed by atoms with E-state index >= 15 is 0 Å². The van der Waals surface area contributed by atoms with Crippen molar-refractivity contribution in [2.45, 2.75) is 79.3 Å². The molecule has 0 unspecified atom stereocenters. The van der Waals surface area contributed by atoms with Crippen LogP contribution < -0.4 is 15.8 Å². The number of hydrogen-bond donors (Lipinski definition) is 2. The summed E-state index contributed by atoms with van der Waals surface area (Å²) < 4.78 is 1.81. The number of nitrogens with zero attached hydrogens (tertiary/aromatic N) is 3. The lowest BCUT2D eigenvalue weighted by atomic mass is 9.91. The fourth-order valence-electron chi connectivity index (χ4n) is 5.65. The van der Waals surface area contributed by atoms with Crippen LogP contribution in [0.5, 0.6) is 0 Å². The third-order valence-electron chi connectivity index (χ3n) is 7.53. The van der Waals surface area contributed by atoms with Crippen LogP contribution >= 0.6 is 0 Å². The molecule has 0 saturated heterocycles. The Hall–Kier alpha value is -3.35. The number of hydrogen-bond acceptors (Lipinski definition) is 4. The van der Waals surface area contributed by atoms with Gasteiger partial charge in [0.15, 0.2) is 0 Å². The molecule has 2 heterocycles. The molecule has 7 nitrogen and oxygen atoms in total. The highest BCUT2D eigenvalue weighted by Gasteiger charge is 2.25. The Kier molecular flexibility index (Phi) is 7.67. The molecule has 1 aliphatic rings. The zero-order valence-electron chi connectivity index (χ0n) is 22.5. The van der Waals surface area contributed by atoms with Crippen LogP contribution in [0.25, 0.3) is 11.1 Å². The number of rotatable bonds is 7. The highest BCUT2D eigenvalue weighted by Crippen LogP contribution is 2.35. The molecule has 3 aromatic rings. The third-order valence-corrected chi connectivity index (χ3v) is 7.53. The summed E-state index contributed by atoms with van der Waals surface area (Å²) in [6.45, 7) is 11.1. The van der Waals surface area contributed by atoms with Gasteiger partial charge in [0, 0.05) is 60.4 Å². The fourth-order valence-corrected chi connectivity index (χ4v) is 5.65. The molecular formula is C29H39N5O2. The molecule has 0 atom stereocenters. The molecule has 36 heavy (non-hydrogen) atoms. The number of nitrogens with one attached hydrogen (secondary N) is 2. The summed E-state index contributed by atoms with van der Waals surface area (Å²) >= 11 is 0. The first-order chi connectivity index (χ1) is 17.2. The van der Waals surface area contributed by atoms with Gasteiger partial charge in [-0.1, -0.05) is 19.3 Å². The van der Waals surface area contributed by atoms with Crippen molar-refractivity contribution in [1.82, 2.24) is 20.1 Å². The number of pyridine rings is 1. The van der Waals surface area contributed by atoms with E-state index in [-0.39, 0.29) is 18.0 Å². The molecule has 4 rings (SSSR count). The van der Waals surface area contributed by atoms with Crippen LogP contribution in [0.1, 0.15) is 77.5 Å². The average Bonchev–Trinajstić information content (AvgIpc) is 3.18. The van der Waals surface area contributed by atoms with E-state index in [0.29, 0.717) is 17.2 Å². The largest absolute Gasteiger partial charge is 0.369 e. The van der Waals surface area contributed by atoms with Crippen molar-refractivity contribution in [2.24, 2.45) is 7.05 Å². The minimum atomic E-state index is -0.170. The van der Waals surface area contributed by atoms with Crippen molar-refractivity contribution in [3.8, 4) is 11.1 Å². The molecular weight excluding hydrogens is 450 g/mol. The van der Waals surface area contributed by atoms with E-state index in [1.165, 1.54) is 32.1 Å². The topological polar surface area (TPSA) is 83.0 Å². The average molecular weight is 490 g/mol.